The molecule has 1 aromatic heterocycles. The molecule has 0 saturated carbocycles. The van der Waals surface area contributed by atoms with Gasteiger partial charge in [0.25, 0.3) is 0 Å². The van der Waals surface area contributed by atoms with Crippen molar-refractivity contribution in [1.82, 2.24) is 14.7 Å². The normalized spacial score (nSPS) is 18.8. The molecule has 2 atom stereocenters. The fourth-order valence-electron chi connectivity index (χ4n) is 3.69. The van der Waals surface area contributed by atoms with Crippen LogP contribution in [0.25, 0.3) is 5.69 Å². The smallest absolute Gasteiger partial charge is 0.227 e. The van der Waals surface area contributed by atoms with Gasteiger partial charge in [0.2, 0.25) is 5.91 Å². The average molecular weight is 375 g/mol. The van der Waals surface area contributed by atoms with Crippen molar-refractivity contribution >= 4 is 17.5 Å². The van der Waals surface area contributed by atoms with Crippen LogP contribution >= 0.6 is 11.6 Å². The Morgan fingerprint density at radius 3 is 2.69 bits per heavy atom. The number of carbonyl (C=O) groups is 1. The van der Waals surface area contributed by atoms with E-state index in [9.17, 15) is 4.79 Å². The zero-order valence-electron chi connectivity index (χ0n) is 15.7. The second-order valence-electron chi connectivity index (χ2n) is 7.32. The molecule has 2 aromatic rings. The van der Waals surface area contributed by atoms with Gasteiger partial charge < -0.3 is 10.6 Å². The van der Waals surface area contributed by atoms with Gasteiger partial charge in [-0.25, -0.2) is 4.68 Å². The molecule has 1 saturated heterocycles. The number of likely N-dealkylation sites (tertiary alicyclic amines) is 1. The number of piperidine rings is 1. The van der Waals surface area contributed by atoms with Gasteiger partial charge >= 0.3 is 0 Å². The fourth-order valence-corrected chi connectivity index (χ4v) is 3.82. The molecule has 1 aliphatic heterocycles. The zero-order valence-corrected chi connectivity index (χ0v) is 16.5. The lowest BCUT2D eigenvalue weighted by atomic mass is 9.92. The molecule has 6 heteroatoms. The maximum absolute atomic E-state index is 12.9. The predicted octanol–water partition coefficient (Wildman–Crippen LogP) is 3.27. The fraction of sp³-hybridized carbons (Fsp3) is 0.500. The molecule has 2 heterocycles. The van der Waals surface area contributed by atoms with Crippen molar-refractivity contribution in [2.24, 2.45) is 11.7 Å². The first kappa shape index (κ1) is 18.9. The average Bonchev–Trinajstić information content (AvgIpc) is 2.90. The van der Waals surface area contributed by atoms with Crippen LogP contribution in [0.5, 0.6) is 0 Å². The number of hydrogen-bond donors (Lipinski definition) is 1. The van der Waals surface area contributed by atoms with Gasteiger partial charge in [-0.15, -0.1) is 0 Å². The minimum atomic E-state index is 0.127. The van der Waals surface area contributed by atoms with Crippen LogP contribution in [0.15, 0.2) is 24.3 Å². The first-order chi connectivity index (χ1) is 12.4. The standard InChI is InChI=1S/C20H27ClN4O/c1-13(22)16-5-4-10-24(12-16)20(26)11-19-14(2)23-25(15(19)3)18-8-6-17(21)7-9-18/h6-9,13,16H,4-5,10-12,22H2,1-3H3. The van der Waals surface area contributed by atoms with Crippen molar-refractivity contribution in [2.45, 2.75) is 46.1 Å². The molecule has 1 fully saturated rings. The molecular weight excluding hydrogens is 348 g/mol. The molecule has 0 bridgehead atoms. The van der Waals surface area contributed by atoms with Crippen molar-refractivity contribution in [3.63, 3.8) is 0 Å². The topological polar surface area (TPSA) is 64.2 Å². The van der Waals surface area contributed by atoms with E-state index in [1.807, 2.05) is 54.6 Å². The van der Waals surface area contributed by atoms with E-state index in [0.29, 0.717) is 17.4 Å². The summed E-state index contributed by atoms with van der Waals surface area (Å²) < 4.78 is 1.88. The maximum atomic E-state index is 12.9. The summed E-state index contributed by atoms with van der Waals surface area (Å²) >= 11 is 5.98. The minimum absolute atomic E-state index is 0.127. The Kier molecular flexibility index (Phi) is 5.68. The summed E-state index contributed by atoms with van der Waals surface area (Å²) in [6.45, 7) is 7.59. The first-order valence-corrected chi connectivity index (χ1v) is 9.59. The summed E-state index contributed by atoms with van der Waals surface area (Å²) in [5, 5.41) is 5.33. The molecule has 5 nitrogen and oxygen atoms in total. The molecular formula is C20H27ClN4O. The highest BCUT2D eigenvalue weighted by molar-refractivity contribution is 6.30. The summed E-state index contributed by atoms with van der Waals surface area (Å²) in [6.07, 6.45) is 2.52. The van der Waals surface area contributed by atoms with E-state index in [0.717, 1.165) is 48.6 Å². The van der Waals surface area contributed by atoms with Crippen LogP contribution in [0.3, 0.4) is 0 Å². The summed E-state index contributed by atoms with van der Waals surface area (Å²) in [5.74, 6) is 0.559. The number of nitrogens with zero attached hydrogens (tertiary/aromatic N) is 3. The third kappa shape index (κ3) is 3.94. The third-order valence-corrected chi connectivity index (χ3v) is 5.65. The summed E-state index contributed by atoms with van der Waals surface area (Å²) in [7, 11) is 0. The molecule has 26 heavy (non-hydrogen) atoms. The van der Waals surface area contributed by atoms with Gasteiger partial charge in [-0.05, 0) is 63.8 Å². The van der Waals surface area contributed by atoms with E-state index in [1.165, 1.54) is 0 Å². The summed E-state index contributed by atoms with van der Waals surface area (Å²) in [4.78, 5) is 14.8. The van der Waals surface area contributed by atoms with Gasteiger partial charge in [-0.3, -0.25) is 4.79 Å². The Balaban J connectivity index is 1.77. The first-order valence-electron chi connectivity index (χ1n) is 9.21. The molecule has 0 aliphatic carbocycles. The Bertz CT molecular complexity index is 782. The van der Waals surface area contributed by atoms with Crippen molar-refractivity contribution in [3.8, 4) is 5.69 Å². The lowest BCUT2D eigenvalue weighted by molar-refractivity contribution is -0.132. The van der Waals surface area contributed by atoms with Gasteiger partial charge in [0.1, 0.15) is 0 Å². The SMILES string of the molecule is Cc1nn(-c2ccc(Cl)cc2)c(C)c1CC(=O)N1CCCC(C(C)N)C1. The minimum Gasteiger partial charge on any atom is -0.342 e. The molecule has 1 aromatic carbocycles. The number of aromatic nitrogens is 2. The molecule has 1 amide bonds. The number of nitrogens with two attached hydrogens (primary N) is 1. The predicted molar refractivity (Wildman–Crippen MR) is 105 cm³/mol. The van der Waals surface area contributed by atoms with Gasteiger partial charge in [-0.2, -0.15) is 5.10 Å². The van der Waals surface area contributed by atoms with Crippen LogP contribution in [0, 0.1) is 19.8 Å². The Labute approximate surface area is 160 Å². The highest BCUT2D eigenvalue weighted by Gasteiger charge is 2.27. The van der Waals surface area contributed by atoms with E-state index >= 15 is 0 Å². The van der Waals surface area contributed by atoms with Crippen LogP contribution in [-0.2, 0) is 11.2 Å². The van der Waals surface area contributed by atoms with Crippen LogP contribution in [0.1, 0.15) is 36.7 Å². The summed E-state index contributed by atoms with van der Waals surface area (Å²) in [5.41, 5.74) is 9.90. The Hall–Kier alpha value is -1.85. The van der Waals surface area contributed by atoms with Gasteiger partial charge in [0.15, 0.2) is 0 Å². The van der Waals surface area contributed by atoms with E-state index in [-0.39, 0.29) is 11.9 Å². The quantitative estimate of drug-likeness (QED) is 0.893. The number of rotatable bonds is 4. The maximum Gasteiger partial charge on any atom is 0.227 e. The van der Waals surface area contributed by atoms with Crippen LogP contribution in [0.2, 0.25) is 5.02 Å². The van der Waals surface area contributed by atoms with E-state index in [4.69, 9.17) is 17.3 Å². The zero-order chi connectivity index (χ0) is 18.8. The van der Waals surface area contributed by atoms with Crippen molar-refractivity contribution in [3.05, 3.63) is 46.2 Å². The van der Waals surface area contributed by atoms with Crippen LogP contribution in [0.4, 0.5) is 0 Å². The van der Waals surface area contributed by atoms with E-state index < -0.39 is 0 Å². The highest BCUT2D eigenvalue weighted by Crippen LogP contribution is 2.23. The second-order valence-corrected chi connectivity index (χ2v) is 7.75. The number of benzene rings is 1. The number of halogens is 1. The van der Waals surface area contributed by atoms with Crippen molar-refractivity contribution in [2.75, 3.05) is 13.1 Å². The van der Waals surface area contributed by atoms with Crippen LogP contribution in [-0.4, -0.2) is 39.7 Å². The van der Waals surface area contributed by atoms with Crippen molar-refractivity contribution in [1.29, 1.82) is 0 Å². The lowest BCUT2D eigenvalue weighted by Crippen LogP contribution is -2.45. The molecule has 0 spiro atoms. The van der Waals surface area contributed by atoms with Gasteiger partial charge in [0, 0.05) is 35.4 Å². The number of carbonyl (C=O) groups excluding carboxylic acids is 1. The van der Waals surface area contributed by atoms with Crippen molar-refractivity contribution < 1.29 is 4.79 Å². The Morgan fingerprint density at radius 2 is 2.04 bits per heavy atom. The van der Waals surface area contributed by atoms with Crippen LogP contribution < -0.4 is 5.73 Å². The van der Waals surface area contributed by atoms with Gasteiger partial charge in [0.05, 0.1) is 17.8 Å². The molecule has 140 valence electrons. The third-order valence-electron chi connectivity index (χ3n) is 5.39. The van der Waals surface area contributed by atoms with E-state index in [1.54, 1.807) is 0 Å². The van der Waals surface area contributed by atoms with E-state index in [2.05, 4.69) is 5.10 Å². The molecule has 2 N–H and O–H groups in total. The number of aryl methyl sites for hydroxylation is 1. The largest absolute Gasteiger partial charge is 0.342 e. The summed E-state index contributed by atoms with van der Waals surface area (Å²) in [6, 6.07) is 7.69. The monoisotopic (exact) mass is 374 g/mol. The number of hydrogen-bond acceptors (Lipinski definition) is 3. The second kappa shape index (κ2) is 7.80. The molecule has 2 unspecified atom stereocenters. The molecule has 3 rings (SSSR count). The van der Waals surface area contributed by atoms with Gasteiger partial charge in [-0.1, -0.05) is 11.6 Å². The lowest BCUT2D eigenvalue weighted by Gasteiger charge is -2.34. The molecule has 1 aliphatic rings. The molecule has 0 radical (unpaired) electrons. The number of amides is 1. The Morgan fingerprint density at radius 1 is 1.35 bits per heavy atom. The highest BCUT2D eigenvalue weighted by atomic mass is 35.5.